The van der Waals surface area contributed by atoms with Crippen LogP contribution < -0.4 is 0 Å². The Kier molecular flexibility index (Phi) is 5.28. The van der Waals surface area contributed by atoms with Crippen LogP contribution in [0.25, 0.3) is 0 Å². The molecule has 1 unspecified atom stereocenters. The van der Waals surface area contributed by atoms with E-state index in [2.05, 4.69) is 0 Å². The summed E-state index contributed by atoms with van der Waals surface area (Å²) in [6.45, 7) is 2.95. The summed E-state index contributed by atoms with van der Waals surface area (Å²) < 4.78 is 5.33. The van der Waals surface area contributed by atoms with Crippen LogP contribution in [0.4, 0.5) is 0 Å². The molecule has 1 aromatic carbocycles. The highest BCUT2D eigenvalue weighted by atomic mass is 16.5. The molecule has 1 aromatic rings. The van der Waals surface area contributed by atoms with Gasteiger partial charge in [-0.3, -0.25) is 9.59 Å². The third-order valence-corrected chi connectivity index (χ3v) is 4.62. The summed E-state index contributed by atoms with van der Waals surface area (Å²) in [5.41, 5.74) is 1.07. The number of carbonyl (C=O) groups excluding carboxylic acids is 2. The Labute approximate surface area is 137 Å². The van der Waals surface area contributed by atoms with E-state index in [-0.39, 0.29) is 17.9 Å². The van der Waals surface area contributed by atoms with E-state index in [1.165, 1.54) is 0 Å². The van der Waals surface area contributed by atoms with Gasteiger partial charge in [0.15, 0.2) is 0 Å². The van der Waals surface area contributed by atoms with Crippen molar-refractivity contribution in [3.8, 4) is 0 Å². The van der Waals surface area contributed by atoms with E-state index in [9.17, 15) is 9.59 Å². The molecule has 2 aliphatic rings. The first kappa shape index (κ1) is 16.0. The van der Waals surface area contributed by atoms with Crippen molar-refractivity contribution in [3.63, 3.8) is 0 Å². The molecule has 3 rings (SSSR count). The summed E-state index contributed by atoms with van der Waals surface area (Å²) in [5.74, 6) is 0.178. The highest BCUT2D eigenvalue weighted by Gasteiger charge is 2.34. The zero-order chi connectivity index (χ0) is 16.1. The first-order chi connectivity index (χ1) is 11.3. The normalized spacial score (nSPS) is 22.8. The van der Waals surface area contributed by atoms with Gasteiger partial charge in [0.05, 0.1) is 13.2 Å². The van der Waals surface area contributed by atoms with Crippen molar-refractivity contribution >= 4 is 11.8 Å². The first-order valence-electron chi connectivity index (χ1n) is 8.45. The largest absolute Gasteiger partial charge is 0.378 e. The van der Waals surface area contributed by atoms with Crippen LogP contribution >= 0.6 is 0 Å². The second-order valence-corrected chi connectivity index (χ2v) is 6.21. The van der Waals surface area contributed by atoms with E-state index in [1.54, 1.807) is 4.90 Å². The fourth-order valence-corrected chi connectivity index (χ4v) is 3.32. The molecule has 23 heavy (non-hydrogen) atoms. The molecule has 0 saturated carbocycles. The average molecular weight is 316 g/mol. The molecular weight excluding hydrogens is 292 g/mol. The zero-order valence-electron chi connectivity index (χ0n) is 13.4. The number of nitrogens with zero attached hydrogens (tertiary/aromatic N) is 2. The van der Waals surface area contributed by atoms with Crippen LogP contribution in [0.5, 0.6) is 0 Å². The first-order valence-corrected chi connectivity index (χ1v) is 8.45. The molecule has 0 aromatic heterocycles. The van der Waals surface area contributed by atoms with Crippen molar-refractivity contribution in [3.05, 3.63) is 35.9 Å². The van der Waals surface area contributed by atoms with Crippen molar-refractivity contribution in [2.45, 2.75) is 38.3 Å². The molecule has 0 radical (unpaired) electrons. The van der Waals surface area contributed by atoms with Crippen molar-refractivity contribution in [1.82, 2.24) is 9.80 Å². The Balaban J connectivity index is 1.78. The fourth-order valence-electron chi connectivity index (χ4n) is 3.32. The van der Waals surface area contributed by atoms with E-state index >= 15 is 0 Å². The summed E-state index contributed by atoms with van der Waals surface area (Å²) in [7, 11) is 0. The number of amides is 2. The second kappa shape index (κ2) is 7.59. The van der Waals surface area contributed by atoms with Crippen LogP contribution in [0.3, 0.4) is 0 Å². The van der Waals surface area contributed by atoms with Crippen LogP contribution in [-0.4, -0.2) is 54.0 Å². The van der Waals surface area contributed by atoms with Crippen molar-refractivity contribution in [2.75, 3.05) is 26.3 Å². The number of hydrogen-bond acceptors (Lipinski definition) is 3. The van der Waals surface area contributed by atoms with Gasteiger partial charge in [0.25, 0.3) is 0 Å². The molecule has 2 heterocycles. The molecule has 2 amide bonds. The molecule has 2 aliphatic heterocycles. The van der Waals surface area contributed by atoms with E-state index in [4.69, 9.17) is 4.74 Å². The fraction of sp³-hybridized carbons (Fsp3) is 0.556. The number of hydrogen-bond donors (Lipinski definition) is 0. The Morgan fingerprint density at radius 3 is 2.61 bits per heavy atom. The summed E-state index contributed by atoms with van der Waals surface area (Å²) in [4.78, 5) is 29.1. The molecule has 5 heteroatoms. The molecule has 5 nitrogen and oxygen atoms in total. The Morgan fingerprint density at radius 2 is 1.87 bits per heavy atom. The van der Waals surface area contributed by atoms with E-state index in [0.29, 0.717) is 39.3 Å². The minimum absolute atomic E-state index is 0.0829. The summed E-state index contributed by atoms with van der Waals surface area (Å²) in [6, 6.07) is 9.59. The van der Waals surface area contributed by atoms with Gasteiger partial charge in [-0.05, 0) is 18.4 Å². The van der Waals surface area contributed by atoms with Gasteiger partial charge >= 0.3 is 0 Å². The molecule has 0 N–H and O–H groups in total. The minimum atomic E-state index is -0.330. The Bertz CT molecular complexity index is 540. The van der Waals surface area contributed by atoms with Crippen LogP contribution in [0, 0.1) is 0 Å². The van der Waals surface area contributed by atoms with Crippen molar-refractivity contribution < 1.29 is 14.3 Å². The van der Waals surface area contributed by atoms with Crippen LogP contribution in [0.2, 0.25) is 0 Å². The van der Waals surface area contributed by atoms with Gasteiger partial charge in [-0.25, -0.2) is 0 Å². The summed E-state index contributed by atoms with van der Waals surface area (Å²) in [6.07, 6.45) is 3.10. The second-order valence-electron chi connectivity index (χ2n) is 6.21. The summed E-state index contributed by atoms with van der Waals surface area (Å²) in [5, 5.41) is 0. The van der Waals surface area contributed by atoms with E-state index in [0.717, 1.165) is 24.8 Å². The van der Waals surface area contributed by atoms with E-state index < -0.39 is 0 Å². The lowest BCUT2D eigenvalue weighted by molar-refractivity contribution is -0.148. The number of benzene rings is 1. The minimum Gasteiger partial charge on any atom is -0.378 e. The standard InChI is InChI=1S/C18H24N2O3/c21-17-9-5-4-8-16(18(22)19-10-12-23-13-11-19)20(17)14-15-6-2-1-3-7-15/h1-3,6-7,16H,4-5,8-14H2. The van der Waals surface area contributed by atoms with Gasteiger partial charge in [-0.15, -0.1) is 0 Å². The maximum absolute atomic E-state index is 12.9. The highest BCUT2D eigenvalue weighted by Crippen LogP contribution is 2.22. The Hall–Kier alpha value is -1.88. The van der Waals surface area contributed by atoms with E-state index in [1.807, 2.05) is 35.2 Å². The quantitative estimate of drug-likeness (QED) is 0.854. The molecule has 1 atom stereocenters. The zero-order valence-corrected chi connectivity index (χ0v) is 13.4. The monoisotopic (exact) mass is 316 g/mol. The number of likely N-dealkylation sites (tertiary alicyclic amines) is 1. The van der Waals surface area contributed by atoms with Gasteiger partial charge in [0.2, 0.25) is 11.8 Å². The van der Waals surface area contributed by atoms with Crippen LogP contribution in [-0.2, 0) is 20.9 Å². The smallest absolute Gasteiger partial charge is 0.245 e. The van der Waals surface area contributed by atoms with Crippen molar-refractivity contribution in [2.24, 2.45) is 0 Å². The number of morpholine rings is 1. The summed E-state index contributed by atoms with van der Waals surface area (Å²) >= 11 is 0. The molecule has 0 aliphatic carbocycles. The van der Waals surface area contributed by atoms with Gasteiger partial charge < -0.3 is 14.5 Å². The molecular formula is C18H24N2O3. The molecule has 0 spiro atoms. The average Bonchev–Trinajstić information content (AvgIpc) is 2.78. The lowest BCUT2D eigenvalue weighted by Crippen LogP contribution is -2.52. The predicted molar refractivity (Wildman–Crippen MR) is 86.6 cm³/mol. The lowest BCUT2D eigenvalue weighted by atomic mass is 10.1. The van der Waals surface area contributed by atoms with Gasteiger partial charge in [-0.1, -0.05) is 36.8 Å². The third kappa shape index (κ3) is 3.91. The lowest BCUT2D eigenvalue weighted by Gasteiger charge is -2.35. The molecule has 0 bridgehead atoms. The van der Waals surface area contributed by atoms with Crippen molar-refractivity contribution in [1.29, 1.82) is 0 Å². The Morgan fingerprint density at radius 1 is 1.13 bits per heavy atom. The number of carbonyl (C=O) groups is 2. The maximum atomic E-state index is 12.9. The predicted octanol–water partition coefficient (Wildman–Crippen LogP) is 1.82. The van der Waals surface area contributed by atoms with Crippen LogP contribution in [0.1, 0.15) is 31.2 Å². The molecule has 124 valence electrons. The van der Waals surface area contributed by atoms with Crippen LogP contribution in [0.15, 0.2) is 30.3 Å². The number of rotatable bonds is 3. The molecule has 2 saturated heterocycles. The number of ether oxygens (including phenoxy) is 1. The maximum Gasteiger partial charge on any atom is 0.245 e. The molecule has 2 fully saturated rings. The van der Waals surface area contributed by atoms with Gasteiger partial charge in [-0.2, -0.15) is 0 Å². The SMILES string of the molecule is O=C(C1CCCCC(=O)N1Cc1ccccc1)N1CCOCC1. The van der Waals surface area contributed by atoms with Gasteiger partial charge in [0, 0.05) is 26.1 Å². The highest BCUT2D eigenvalue weighted by molar-refractivity contribution is 5.88. The third-order valence-electron chi connectivity index (χ3n) is 4.62. The topological polar surface area (TPSA) is 49.9 Å². The van der Waals surface area contributed by atoms with Gasteiger partial charge in [0.1, 0.15) is 6.04 Å².